The van der Waals surface area contributed by atoms with Gasteiger partial charge in [-0.3, -0.25) is 4.90 Å². The Bertz CT molecular complexity index is 953. The monoisotopic (exact) mass is 452 g/mol. The molecule has 0 amide bonds. The number of ether oxygens (including phenoxy) is 1. The number of piperidine rings is 1. The van der Waals surface area contributed by atoms with E-state index in [2.05, 4.69) is 15.0 Å². The third-order valence-electron chi connectivity index (χ3n) is 7.06. The topological polar surface area (TPSA) is 112 Å². The van der Waals surface area contributed by atoms with Gasteiger partial charge in [0, 0.05) is 38.5 Å². The number of nitrogens with zero attached hydrogens (tertiary/aromatic N) is 5. The number of aromatic nitrogens is 3. The number of rotatable bonds is 5. The maximum Gasteiger partial charge on any atom is 0.250 e. The van der Waals surface area contributed by atoms with Crippen molar-refractivity contribution in [3.05, 3.63) is 24.2 Å². The minimum atomic E-state index is -2.68. The fraction of sp³-hybridized carbons (Fsp3) is 0.714. The molecule has 2 aromatic rings. The Balaban J connectivity index is 1.32. The first-order valence-electron chi connectivity index (χ1n) is 11.3. The fourth-order valence-corrected chi connectivity index (χ4v) is 5.31. The highest BCUT2D eigenvalue weighted by atomic mass is 19.3. The van der Waals surface area contributed by atoms with Gasteiger partial charge in [0.15, 0.2) is 5.82 Å². The zero-order chi connectivity index (χ0) is 22.5. The minimum Gasteiger partial charge on any atom is -0.388 e. The number of nitrogens with two attached hydrogens (primary N) is 1. The van der Waals surface area contributed by atoms with E-state index < -0.39 is 30.3 Å². The van der Waals surface area contributed by atoms with Crippen LogP contribution in [0.3, 0.4) is 0 Å². The van der Waals surface area contributed by atoms with Crippen LogP contribution in [-0.2, 0) is 4.74 Å². The first-order chi connectivity index (χ1) is 15.3. The summed E-state index contributed by atoms with van der Waals surface area (Å²) in [5, 5.41) is 25.6. The van der Waals surface area contributed by atoms with Gasteiger partial charge in [0.1, 0.15) is 30.2 Å². The van der Waals surface area contributed by atoms with Gasteiger partial charge in [-0.05, 0) is 38.1 Å². The number of hydrogen-bond donors (Lipinski definition) is 3. The zero-order valence-electron chi connectivity index (χ0n) is 17.9. The van der Waals surface area contributed by atoms with E-state index in [0.717, 1.165) is 25.9 Å². The van der Waals surface area contributed by atoms with E-state index in [-0.39, 0.29) is 32.0 Å². The van der Waals surface area contributed by atoms with Gasteiger partial charge < -0.3 is 25.6 Å². The average Bonchev–Trinajstić information content (AvgIpc) is 3.47. The smallest absolute Gasteiger partial charge is 0.250 e. The molecule has 0 radical (unpaired) electrons. The van der Waals surface area contributed by atoms with Crippen LogP contribution in [0, 0.1) is 0 Å². The van der Waals surface area contributed by atoms with Crippen LogP contribution < -0.4 is 5.73 Å². The lowest BCUT2D eigenvalue weighted by Gasteiger charge is -2.42. The summed E-state index contributed by atoms with van der Waals surface area (Å²) >= 11 is 0. The molecule has 9 nitrogen and oxygen atoms in total. The second-order valence-corrected chi connectivity index (χ2v) is 9.24. The van der Waals surface area contributed by atoms with Crippen LogP contribution in [0.2, 0.25) is 0 Å². The molecular formula is C21H30F2N6O3. The highest BCUT2D eigenvalue weighted by Crippen LogP contribution is 2.37. The minimum absolute atomic E-state index is 0.197. The molecule has 0 spiro atoms. The van der Waals surface area contributed by atoms with Crippen LogP contribution in [0.1, 0.15) is 37.5 Å². The standard InChI is InChI=1S/C21H30F2N6O3/c22-21(23)5-8-28(13(9-21)10-27-6-1-2-7-27)11-16-17(30)18(31)19(32-16)14-3-4-15-20(24)25-12-26-29(14)15/h3-4,12-13,16-19,30-31H,1-2,5-11H2,(H2,24,25,26)/t13-,16+,17+,18+,19-/m0/s1. The molecule has 0 bridgehead atoms. The summed E-state index contributed by atoms with van der Waals surface area (Å²) in [4.78, 5) is 8.19. The number of nitrogen functional groups attached to an aromatic ring is 1. The van der Waals surface area contributed by atoms with Crippen molar-refractivity contribution in [2.75, 3.05) is 38.5 Å². The van der Waals surface area contributed by atoms with E-state index in [4.69, 9.17) is 10.5 Å². The predicted octanol–water partition coefficient (Wildman–Crippen LogP) is 0.669. The number of hydrogen-bond acceptors (Lipinski definition) is 8. The number of alkyl halides is 2. The summed E-state index contributed by atoms with van der Waals surface area (Å²) in [6.07, 6.45) is -0.713. The lowest BCUT2D eigenvalue weighted by molar-refractivity contribution is -0.0982. The molecule has 0 saturated carbocycles. The van der Waals surface area contributed by atoms with Crippen molar-refractivity contribution < 1.29 is 23.7 Å². The lowest BCUT2D eigenvalue weighted by atomic mass is 9.96. The van der Waals surface area contributed by atoms with Crippen molar-refractivity contribution in [1.29, 1.82) is 0 Å². The molecule has 5 rings (SSSR count). The molecule has 0 unspecified atom stereocenters. The van der Waals surface area contributed by atoms with Gasteiger partial charge in [-0.25, -0.2) is 18.3 Å². The van der Waals surface area contributed by atoms with Gasteiger partial charge in [-0.1, -0.05) is 0 Å². The quantitative estimate of drug-likeness (QED) is 0.607. The molecule has 0 aromatic carbocycles. The maximum absolute atomic E-state index is 14.2. The Morgan fingerprint density at radius 2 is 1.91 bits per heavy atom. The normalized spacial score (nSPS) is 33.9. The van der Waals surface area contributed by atoms with Gasteiger partial charge in [-0.15, -0.1) is 0 Å². The molecule has 32 heavy (non-hydrogen) atoms. The average molecular weight is 453 g/mol. The molecular weight excluding hydrogens is 422 g/mol. The molecule has 5 heterocycles. The summed E-state index contributed by atoms with van der Waals surface area (Å²) in [5.74, 6) is -2.38. The van der Waals surface area contributed by atoms with Crippen molar-refractivity contribution in [3.63, 3.8) is 0 Å². The Morgan fingerprint density at radius 3 is 2.69 bits per heavy atom. The third-order valence-corrected chi connectivity index (χ3v) is 7.06. The van der Waals surface area contributed by atoms with Crippen molar-refractivity contribution in [2.45, 2.75) is 62.1 Å². The van der Waals surface area contributed by atoms with Gasteiger partial charge in [0.2, 0.25) is 0 Å². The predicted molar refractivity (Wildman–Crippen MR) is 112 cm³/mol. The van der Waals surface area contributed by atoms with Gasteiger partial charge in [0.25, 0.3) is 5.92 Å². The van der Waals surface area contributed by atoms with Crippen LogP contribution in [0.4, 0.5) is 14.6 Å². The molecule has 11 heteroatoms. The first-order valence-corrected chi connectivity index (χ1v) is 11.3. The van der Waals surface area contributed by atoms with Crippen molar-refractivity contribution >= 4 is 11.3 Å². The Kier molecular flexibility index (Phi) is 5.79. The third kappa shape index (κ3) is 4.08. The zero-order valence-corrected chi connectivity index (χ0v) is 17.9. The number of likely N-dealkylation sites (tertiary alicyclic amines) is 2. The molecule has 3 aliphatic rings. The van der Waals surface area contributed by atoms with E-state index in [9.17, 15) is 19.0 Å². The molecule has 176 valence electrons. The van der Waals surface area contributed by atoms with E-state index in [0.29, 0.717) is 23.6 Å². The van der Waals surface area contributed by atoms with Crippen LogP contribution in [-0.4, -0.2) is 97.6 Å². The van der Waals surface area contributed by atoms with Crippen molar-refractivity contribution in [1.82, 2.24) is 24.4 Å². The number of anilines is 1. The summed E-state index contributed by atoms with van der Waals surface area (Å²) in [5.41, 5.74) is 7.03. The van der Waals surface area contributed by atoms with E-state index in [1.807, 2.05) is 4.90 Å². The summed E-state index contributed by atoms with van der Waals surface area (Å²) in [6.45, 7) is 2.97. The largest absolute Gasteiger partial charge is 0.388 e. The molecule has 5 atom stereocenters. The highest BCUT2D eigenvalue weighted by molar-refractivity contribution is 5.65. The van der Waals surface area contributed by atoms with Gasteiger partial charge >= 0.3 is 0 Å². The Morgan fingerprint density at radius 1 is 1.12 bits per heavy atom. The molecule has 0 aliphatic carbocycles. The van der Waals surface area contributed by atoms with Crippen LogP contribution in [0.15, 0.2) is 18.5 Å². The van der Waals surface area contributed by atoms with Crippen molar-refractivity contribution in [2.24, 2.45) is 0 Å². The Hall–Kier alpha value is -1.92. The second kappa shape index (κ2) is 8.45. The van der Waals surface area contributed by atoms with E-state index in [1.54, 1.807) is 16.6 Å². The molecule has 3 saturated heterocycles. The molecule has 3 aliphatic heterocycles. The summed E-state index contributed by atoms with van der Waals surface area (Å²) < 4.78 is 36.0. The number of aliphatic hydroxyl groups is 2. The summed E-state index contributed by atoms with van der Waals surface area (Å²) in [6, 6.07) is 3.16. The maximum atomic E-state index is 14.2. The molecule has 3 fully saturated rings. The SMILES string of the molecule is Nc1ncnn2c([C@@H]3O[C@H](CN4CCC(F)(F)C[C@H]4CN4CCCC4)[C@@H](O)[C@H]3O)ccc12. The first kappa shape index (κ1) is 21.9. The second-order valence-electron chi connectivity index (χ2n) is 9.24. The fourth-order valence-electron chi connectivity index (χ4n) is 5.31. The molecule has 4 N–H and O–H groups in total. The van der Waals surface area contributed by atoms with E-state index >= 15 is 0 Å². The Labute approximate surface area is 184 Å². The summed E-state index contributed by atoms with van der Waals surface area (Å²) in [7, 11) is 0. The van der Waals surface area contributed by atoms with Crippen LogP contribution >= 0.6 is 0 Å². The highest BCUT2D eigenvalue weighted by Gasteiger charge is 2.48. The van der Waals surface area contributed by atoms with Gasteiger partial charge in [-0.2, -0.15) is 5.10 Å². The van der Waals surface area contributed by atoms with Crippen LogP contribution in [0.25, 0.3) is 5.52 Å². The van der Waals surface area contributed by atoms with Gasteiger partial charge in [0.05, 0.1) is 11.8 Å². The number of halogens is 2. The van der Waals surface area contributed by atoms with Crippen LogP contribution in [0.5, 0.6) is 0 Å². The molecule has 2 aromatic heterocycles. The van der Waals surface area contributed by atoms with E-state index in [1.165, 1.54) is 6.33 Å². The number of fused-ring (bicyclic) bond motifs is 1. The number of aliphatic hydroxyl groups excluding tert-OH is 2. The lowest BCUT2D eigenvalue weighted by Crippen LogP contribution is -2.54. The van der Waals surface area contributed by atoms with Crippen molar-refractivity contribution in [3.8, 4) is 0 Å².